The molecule has 1 atom stereocenters. The summed E-state index contributed by atoms with van der Waals surface area (Å²) in [6.07, 6.45) is 5.75. The van der Waals surface area contributed by atoms with Crippen molar-refractivity contribution in [3.63, 3.8) is 0 Å². The van der Waals surface area contributed by atoms with E-state index in [-0.39, 0.29) is 10.9 Å². The monoisotopic (exact) mass is 286 g/mol. The van der Waals surface area contributed by atoms with Crippen molar-refractivity contribution >= 4 is 10.0 Å². The van der Waals surface area contributed by atoms with Crippen LogP contribution < -0.4 is 5.32 Å². The fourth-order valence-electron chi connectivity index (χ4n) is 2.47. The number of hydrogen-bond acceptors (Lipinski definition) is 4. The van der Waals surface area contributed by atoms with E-state index in [2.05, 4.69) is 10.4 Å². The topological polar surface area (TPSA) is 67.2 Å². The first-order valence-electron chi connectivity index (χ1n) is 6.77. The summed E-state index contributed by atoms with van der Waals surface area (Å²) < 4.78 is 28.5. The van der Waals surface area contributed by atoms with Crippen molar-refractivity contribution in [2.75, 3.05) is 19.6 Å². The third-order valence-electron chi connectivity index (χ3n) is 3.41. The van der Waals surface area contributed by atoms with Gasteiger partial charge in [-0.3, -0.25) is 4.68 Å². The standard InChI is InChI=1S/C12H22N4O2S/c1-3-7-16(11-5-4-6-13-8-11)19(17,18)12-9-14-15(2)10-12/h9-11,13H,3-8H2,1-2H3. The molecule has 1 N–H and O–H groups in total. The third kappa shape index (κ3) is 3.16. The largest absolute Gasteiger partial charge is 0.315 e. The second kappa shape index (κ2) is 6.02. The maximum atomic E-state index is 12.7. The lowest BCUT2D eigenvalue weighted by atomic mass is 10.1. The Hall–Kier alpha value is -0.920. The van der Waals surface area contributed by atoms with E-state index in [4.69, 9.17) is 0 Å². The molecule has 19 heavy (non-hydrogen) atoms. The molecule has 108 valence electrons. The normalized spacial score (nSPS) is 20.9. The van der Waals surface area contributed by atoms with E-state index in [9.17, 15) is 8.42 Å². The zero-order valence-corrected chi connectivity index (χ0v) is 12.4. The van der Waals surface area contributed by atoms with E-state index in [1.807, 2.05) is 6.92 Å². The van der Waals surface area contributed by atoms with Crippen LogP contribution in [0.2, 0.25) is 0 Å². The van der Waals surface area contributed by atoms with E-state index in [1.165, 1.54) is 10.9 Å². The Morgan fingerprint density at radius 1 is 1.58 bits per heavy atom. The minimum atomic E-state index is -3.43. The number of hydrogen-bond donors (Lipinski definition) is 1. The molecule has 1 aromatic heterocycles. The average molecular weight is 286 g/mol. The van der Waals surface area contributed by atoms with E-state index in [0.29, 0.717) is 6.54 Å². The molecule has 2 rings (SSSR count). The Morgan fingerprint density at radius 2 is 2.37 bits per heavy atom. The van der Waals surface area contributed by atoms with Crippen LogP contribution in [0.5, 0.6) is 0 Å². The first-order chi connectivity index (χ1) is 9.05. The van der Waals surface area contributed by atoms with Crippen LogP contribution in [0.3, 0.4) is 0 Å². The van der Waals surface area contributed by atoms with Crippen molar-refractivity contribution in [3.05, 3.63) is 12.4 Å². The highest BCUT2D eigenvalue weighted by Gasteiger charge is 2.32. The van der Waals surface area contributed by atoms with Gasteiger partial charge < -0.3 is 5.32 Å². The zero-order chi connectivity index (χ0) is 13.9. The molecule has 1 saturated heterocycles. The predicted octanol–water partition coefficient (Wildman–Crippen LogP) is 0.573. The van der Waals surface area contributed by atoms with Gasteiger partial charge in [0.25, 0.3) is 0 Å². The van der Waals surface area contributed by atoms with Gasteiger partial charge in [0.05, 0.1) is 6.20 Å². The van der Waals surface area contributed by atoms with Crippen LogP contribution in [-0.2, 0) is 17.1 Å². The van der Waals surface area contributed by atoms with Gasteiger partial charge >= 0.3 is 0 Å². The van der Waals surface area contributed by atoms with Gasteiger partial charge in [0.15, 0.2) is 0 Å². The first kappa shape index (κ1) is 14.5. The number of rotatable bonds is 5. The summed E-state index contributed by atoms with van der Waals surface area (Å²) in [5, 5.41) is 7.24. The van der Waals surface area contributed by atoms with Gasteiger partial charge in [-0.2, -0.15) is 9.40 Å². The molecule has 1 aromatic rings. The molecule has 0 amide bonds. The number of aromatic nitrogens is 2. The number of nitrogens with one attached hydrogen (secondary N) is 1. The Morgan fingerprint density at radius 3 is 2.89 bits per heavy atom. The molecule has 0 spiro atoms. The maximum Gasteiger partial charge on any atom is 0.246 e. The minimum Gasteiger partial charge on any atom is -0.315 e. The number of piperidine rings is 1. The van der Waals surface area contributed by atoms with Crippen LogP contribution in [0.1, 0.15) is 26.2 Å². The van der Waals surface area contributed by atoms with E-state index in [0.717, 1.165) is 32.4 Å². The Balaban J connectivity index is 2.26. The predicted molar refractivity (Wildman–Crippen MR) is 73.3 cm³/mol. The maximum absolute atomic E-state index is 12.7. The minimum absolute atomic E-state index is 0.0545. The Kier molecular flexibility index (Phi) is 4.59. The van der Waals surface area contributed by atoms with Crippen LogP contribution >= 0.6 is 0 Å². The molecule has 0 bridgehead atoms. The molecule has 1 unspecified atom stereocenters. The van der Waals surface area contributed by atoms with Crippen LogP contribution in [-0.4, -0.2) is 48.2 Å². The SMILES string of the molecule is CCCN(C1CCCNC1)S(=O)(=O)c1cnn(C)c1. The Bertz CT molecular complexity index is 506. The van der Waals surface area contributed by atoms with Crippen LogP contribution in [0.15, 0.2) is 17.3 Å². The molecule has 0 aliphatic carbocycles. The van der Waals surface area contributed by atoms with Crippen molar-refractivity contribution in [2.24, 2.45) is 7.05 Å². The third-order valence-corrected chi connectivity index (χ3v) is 5.31. The summed E-state index contributed by atoms with van der Waals surface area (Å²) in [5.41, 5.74) is 0. The summed E-state index contributed by atoms with van der Waals surface area (Å²) in [6, 6.07) is 0.0545. The molecule has 0 aromatic carbocycles. The van der Waals surface area contributed by atoms with Gasteiger partial charge in [0, 0.05) is 32.4 Å². The molecular formula is C12H22N4O2S. The van der Waals surface area contributed by atoms with Gasteiger partial charge in [0.1, 0.15) is 4.90 Å². The first-order valence-corrected chi connectivity index (χ1v) is 8.21. The highest BCUT2D eigenvalue weighted by atomic mass is 32.2. The zero-order valence-electron chi connectivity index (χ0n) is 11.5. The molecule has 6 nitrogen and oxygen atoms in total. The summed E-state index contributed by atoms with van der Waals surface area (Å²) >= 11 is 0. The highest BCUT2D eigenvalue weighted by molar-refractivity contribution is 7.89. The van der Waals surface area contributed by atoms with Crippen molar-refractivity contribution in [3.8, 4) is 0 Å². The second-order valence-electron chi connectivity index (χ2n) is 4.97. The van der Waals surface area contributed by atoms with Crippen LogP contribution in [0.4, 0.5) is 0 Å². The summed E-state index contributed by atoms with van der Waals surface area (Å²) in [4.78, 5) is 0.286. The smallest absolute Gasteiger partial charge is 0.246 e. The van der Waals surface area contributed by atoms with Crippen molar-refractivity contribution in [2.45, 2.75) is 37.1 Å². The lowest BCUT2D eigenvalue weighted by Crippen LogP contribution is -2.48. The van der Waals surface area contributed by atoms with Crippen molar-refractivity contribution in [1.82, 2.24) is 19.4 Å². The fourth-order valence-corrected chi connectivity index (χ4v) is 4.20. The lowest BCUT2D eigenvalue weighted by molar-refractivity contribution is 0.266. The van der Waals surface area contributed by atoms with Gasteiger partial charge in [-0.1, -0.05) is 6.92 Å². The molecule has 0 saturated carbocycles. The number of sulfonamides is 1. The van der Waals surface area contributed by atoms with E-state index < -0.39 is 10.0 Å². The lowest BCUT2D eigenvalue weighted by Gasteiger charge is -2.33. The van der Waals surface area contributed by atoms with Gasteiger partial charge in [0.2, 0.25) is 10.0 Å². The molecular weight excluding hydrogens is 264 g/mol. The summed E-state index contributed by atoms with van der Waals surface area (Å²) in [7, 11) is -1.70. The molecule has 0 radical (unpaired) electrons. The summed E-state index contributed by atoms with van der Waals surface area (Å²) in [6.45, 7) is 4.27. The molecule has 1 aliphatic heterocycles. The molecule has 1 fully saturated rings. The molecule has 7 heteroatoms. The van der Waals surface area contributed by atoms with Crippen molar-refractivity contribution < 1.29 is 8.42 Å². The number of nitrogens with zero attached hydrogens (tertiary/aromatic N) is 3. The van der Waals surface area contributed by atoms with E-state index >= 15 is 0 Å². The second-order valence-corrected chi connectivity index (χ2v) is 6.86. The van der Waals surface area contributed by atoms with Crippen LogP contribution in [0.25, 0.3) is 0 Å². The van der Waals surface area contributed by atoms with Gasteiger partial charge in [-0.05, 0) is 25.8 Å². The van der Waals surface area contributed by atoms with Gasteiger partial charge in [-0.25, -0.2) is 8.42 Å². The van der Waals surface area contributed by atoms with Crippen molar-refractivity contribution in [1.29, 1.82) is 0 Å². The molecule has 2 heterocycles. The average Bonchev–Trinajstić information content (AvgIpc) is 2.84. The van der Waals surface area contributed by atoms with Crippen LogP contribution in [0, 0.1) is 0 Å². The summed E-state index contributed by atoms with van der Waals surface area (Å²) in [5.74, 6) is 0. The Labute approximate surface area is 114 Å². The van der Waals surface area contributed by atoms with E-state index in [1.54, 1.807) is 17.5 Å². The number of aryl methyl sites for hydroxylation is 1. The highest BCUT2D eigenvalue weighted by Crippen LogP contribution is 2.21. The fraction of sp³-hybridized carbons (Fsp3) is 0.750. The quantitative estimate of drug-likeness (QED) is 0.859. The molecule has 1 aliphatic rings. The van der Waals surface area contributed by atoms with Gasteiger partial charge in [-0.15, -0.1) is 0 Å².